The molecule has 0 fully saturated rings. The van der Waals surface area contributed by atoms with E-state index in [9.17, 15) is 0 Å². The second-order valence-corrected chi connectivity index (χ2v) is 5.90. The molecule has 0 aliphatic rings. The van der Waals surface area contributed by atoms with E-state index in [1.165, 1.54) is 0 Å². The molecule has 0 radical (unpaired) electrons. The minimum Gasteiger partial charge on any atom is -0.494 e. The third-order valence-electron chi connectivity index (χ3n) is 3.96. The van der Waals surface area contributed by atoms with Gasteiger partial charge in [0.2, 0.25) is 0 Å². The van der Waals surface area contributed by atoms with Crippen LogP contribution in [0.25, 0.3) is 0 Å². The highest BCUT2D eigenvalue weighted by atomic mass is 16.5. The van der Waals surface area contributed by atoms with Crippen LogP contribution in [0.4, 0.5) is 23.3 Å². The van der Waals surface area contributed by atoms with Gasteiger partial charge in [-0.1, -0.05) is 10.2 Å². The highest BCUT2D eigenvalue weighted by molar-refractivity contribution is 5.58. The maximum absolute atomic E-state index is 5.42. The molecule has 2 heterocycles. The zero-order valence-corrected chi connectivity index (χ0v) is 15.5. The first kappa shape index (κ1) is 17.5. The molecule has 3 rings (SSSR count). The number of hydrogen-bond donors (Lipinski definition) is 0. The topological polar surface area (TPSA) is 76.3 Å². The predicted octanol–water partition coefficient (Wildman–Crippen LogP) is 2.85. The normalized spacial score (nSPS) is 11.7. The Balaban J connectivity index is 1.86. The summed E-state index contributed by atoms with van der Waals surface area (Å²) >= 11 is 0. The summed E-state index contributed by atoms with van der Waals surface area (Å²) in [5.74, 6) is 2.05. The monoisotopic (exact) mass is 354 g/mol. The molecule has 0 bridgehead atoms. The molecule has 134 valence electrons. The SMILES string of the molecule is COc1cc(N=Nc2n(C)cc[n+]2C)ccc1N=Nc1n(C)cc[n+]1C. The number of hydrogen-bond acceptors (Lipinski definition) is 5. The van der Waals surface area contributed by atoms with Crippen molar-refractivity contribution in [1.29, 1.82) is 0 Å². The van der Waals surface area contributed by atoms with Crippen molar-refractivity contribution in [3.63, 3.8) is 0 Å². The maximum Gasteiger partial charge on any atom is 0.421 e. The Labute approximate surface area is 151 Å². The van der Waals surface area contributed by atoms with Gasteiger partial charge >= 0.3 is 11.9 Å². The lowest BCUT2D eigenvalue weighted by atomic mass is 10.2. The van der Waals surface area contributed by atoms with Crippen LogP contribution in [-0.2, 0) is 28.2 Å². The average Bonchev–Trinajstić information content (AvgIpc) is 3.13. The van der Waals surface area contributed by atoms with Crippen LogP contribution in [0.3, 0.4) is 0 Å². The van der Waals surface area contributed by atoms with Gasteiger partial charge < -0.3 is 4.74 Å². The van der Waals surface area contributed by atoms with Crippen molar-refractivity contribution in [3.8, 4) is 5.75 Å². The number of aromatic nitrogens is 4. The van der Waals surface area contributed by atoms with Gasteiger partial charge in [-0.2, -0.15) is 0 Å². The fourth-order valence-electron chi connectivity index (χ4n) is 2.46. The second kappa shape index (κ2) is 7.26. The first-order chi connectivity index (χ1) is 12.5. The molecule has 0 unspecified atom stereocenters. The third kappa shape index (κ3) is 3.51. The van der Waals surface area contributed by atoms with Crippen molar-refractivity contribution in [2.75, 3.05) is 7.11 Å². The molecule has 0 aliphatic heterocycles. The van der Waals surface area contributed by atoms with Crippen LogP contribution in [0.1, 0.15) is 0 Å². The largest absolute Gasteiger partial charge is 0.494 e. The van der Waals surface area contributed by atoms with Gasteiger partial charge in [-0.15, -0.1) is 0 Å². The molecule has 9 nitrogen and oxygen atoms in total. The van der Waals surface area contributed by atoms with E-state index in [4.69, 9.17) is 4.74 Å². The lowest BCUT2D eigenvalue weighted by Crippen LogP contribution is -2.25. The Kier molecular flexibility index (Phi) is 4.87. The van der Waals surface area contributed by atoms with Gasteiger partial charge in [0.05, 0.1) is 60.1 Å². The van der Waals surface area contributed by atoms with E-state index in [2.05, 4.69) is 20.5 Å². The first-order valence-corrected chi connectivity index (χ1v) is 8.03. The summed E-state index contributed by atoms with van der Waals surface area (Å²) in [6.45, 7) is 0. The van der Waals surface area contributed by atoms with E-state index < -0.39 is 0 Å². The van der Waals surface area contributed by atoms with E-state index in [-0.39, 0.29) is 0 Å². The van der Waals surface area contributed by atoms with E-state index in [0.29, 0.717) is 17.1 Å². The summed E-state index contributed by atoms with van der Waals surface area (Å²) < 4.78 is 13.0. The van der Waals surface area contributed by atoms with Gasteiger partial charge in [0, 0.05) is 16.3 Å². The molecular weight excluding hydrogens is 332 g/mol. The van der Waals surface area contributed by atoms with Crippen LogP contribution in [0.5, 0.6) is 5.75 Å². The molecule has 0 saturated heterocycles. The van der Waals surface area contributed by atoms with Crippen LogP contribution in [0, 0.1) is 0 Å². The number of azo groups is 2. The smallest absolute Gasteiger partial charge is 0.421 e. The number of nitrogens with zero attached hydrogens (tertiary/aromatic N) is 8. The van der Waals surface area contributed by atoms with Gasteiger partial charge in [-0.3, -0.25) is 0 Å². The molecule has 0 aliphatic carbocycles. The molecule has 0 N–H and O–H groups in total. The molecule has 3 aromatic rings. The van der Waals surface area contributed by atoms with Gasteiger partial charge in [-0.05, 0) is 12.1 Å². The molecule has 1 aromatic carbocycles. The average molecular weight is 354 g/mol. The summed E-state index contributed by atoms with van der Waals surface area (Å²) in [5.41, 5.74) is 1.29. The van der Waals surface area contributed by atoms with Crippen molar-refractivity contribution < 1.29 is 13.9 Å². The standard InChI is InChI=1S/C17H22N8O/c1-22-8-9-23(2)16(22)20-18-13-6-7-14(15(12-13)26-5)19-21-17-24(3)10-11-25(17)4/h6-12H,1-5H3/q+2. The molecule has 0 atom stereocenters. The number of imidazole rings is 2. The van der Waals surface area contributed by atoms with E-state index in [1.54, 1.807) is 13.2 Å². The quantitative estimate of drug-likeness (QED) is 0.513. The molecule has 26 heavy (non-hydrogen) atoms. The maximum atomic E-state index is 5.42. The number of ether oxygens (including phenoxy) is 1. The highest BCUT2D eigenvalue weighted by Crippen LogP contribution is 2.33. The minimum atomic E-state index is 0.582. The Morgan fingerprint density at radius 2 is 1.42 bits per heavy atom. The molecular formula is C17H22N8O+2. The lowest BCUT2D eigenvalue weighted by Gasteiger charge is -2.02. The summed E-state index contributed by atoms with van der Waals surface area (Å²) in [6, 6.07) is 5.42. The number of rotatable bonds is 5. The summed E-state index contributed by atoms with van der Waals surface area (Å²) in [7, 11) is 9.26. The van der Waals surface area contributed by atoms with Crippen LogP contribution in [0.2, 0.25) is 0 Å². The second-order valence-electron chi connectivity index (χ2n) is 5.90. The Bertz CT molecular complexity index is 944. The van der Waals surface area contributed by atoms with E-state index >= 15 is 0 Å². The zero-order chi connectivity index (χ0) is 18.7. The fourth-order valence-corrected chi connectivity index (χ4v) is 2.46. The predicted molar refractivity (Wildman–Crippen MR) is 94.5 cm³/mol. The molecule has 0 amide bonds. The van der Waals surface area contributed by atoms with E-state index in [1.807, 2.05) is 83.4 Å². The first-order valence-electron chi connectivity index (χ1n) is 8.03. The summed E-state index contributed by atoms with van der Waals surface area (Å²) in [6.07, 6.45) is 7.67. The molecule has 9 heteroatoms. The lowest BCUT2D eigenvalue weighted by molar-refractivity contribution is -0.657. The van der Waals surface area contributed by atoms with Crippen LogP contribution in [-0.4, -0.2) is 16.2 Å². The van der Waals surface area contributed by atoms with Gasteiger partial charge in [-0.25, -0.2) is 18.3 Å². The summed E-state index contributed by atoms with van der Waals surface area (Å²) in [4.78, 5) is 0. The Morgan fingerprint density at radius 1 is 0.846 bits per heavy atom. The van der Waals surface area contributed by atoms with Gasteiger partial charge in [0.15, 0.2) is 0 Å². The van der Waals surface area contributed by atoms with Crippen molar-refractivity contribution in [2.24, 2.45) is 48.6 Å². The molecule has 0 spiro atoms. The molecule has 0 saturated carbocycles. The third-order valence-corrected chi connectivity index (χ3v) is 3.96. The summed E-state index contributed by atoms with van der Waals surface area (Å²) in [5, 5.41) is 17.2. The van der Waals surface area contributed by atoms with Crippen molar-refractivity contribution in [2.45, 2.75) is 0 Å². The molecule has 2 aromatic heterocycles. The van der Waals surface area contributed by atoms with Crippen LogP contribution < -0.4 is 13.9 Å². The van der Waals surface area contributed by atoms with Crippen molar-refractivity contribution in [3.05, 3.63) is 43.0 Å². The minimum absolute atomic E-state index is 0.582. The van der Waals surface area contributed by atoms with Gasteiger partial charge in [0.1, 0.15) is 17.1 Å². The fraction of sp³-hybridized carbons (Fsp3) is 0.294. The van der Waals surface area contributed by atoms with Crippen LogP contribution in [0.15, 0.2) is 63.4 Å². The van der Waals surface area contributed by atoms with Crippen LogP contribution >= 0.6 is 0 Å². The highest BCUT2D eigenvalue weighted by Gasteiger charge is 2.13. The van der Waals surface area contributed by atoms with E-state index in [0.717, 1.165) is 11.9 Å². The van der Waals surface area contributed by atoms with Gasteiger partial charge in [0.25, 0.3) is 0 Å². The number of aryl methyl sites for hydroxylation is 4. The van der Waals surface area contributed by atoms with Crippen molar-refractivity contribution in [1.82, 2.24) is 9.13 Å². The van der Waals surface area contributed by atoms with Crippen molar-refractivity contribution >= 4 is 23.3 Å². The Morgan fingerprint density at radius 3 is 1.92 bits per heavy atom. The number of benzene rings is 1. The number of methoxy groups -OCH3 is 1. The zero-order valence-electron chi connectivity index (χ0n) is 15.5. The Hall–Kier alpha value is -3.36.